The first kappa shape index (κ1) is 16.9. The Morgan fingerprint density at radius 2 is 1.47 bits per heavy atom. The Morgan fingerprint density at radius 1 is 1.00 bits per heavy atom. The van der Waals surface area contributed by atoms with Crippen LogP contribution < -0.4 is 0 Å². The molecule has 1 nitrogen and oxygen atoms in total. The molecule has 0 N–H and O–H groups in total. The molecule has 17 heavy (non-hydrogen) atoms. The van der Waals surface area contributed by atoms with Crippen molar-refractivity contribution < 1.29 is 0 Å². The zero-order valence-electron chi connectivity index (χ0n) is 12.8. The number of nitrogens with zero attached hydrogens (tertiary/aromatic N) is 1. The van der Waals surface area contributed by atoms with Crippen molar-refractivity contribution in [2.75, 3.05) is 6.54 Å². The molecule has 0 amide bonds. The Hall–Kier alpha value is -0.126. The maximum Gasteiger partial charge on any atom is 0.112 e. The van der Waals surface area contributed by atoms with Gasteiger partial charge in [0.1, 0.15) is 16.5 Å². The van der Waals surface area contributed by atoms with Gasteiger partial charge in [0.15, 0.2) is 0 Å². The molecule has 3 heteroatoms. The first-order chi connectivity index (χ1) is 7.59. The quantitative estimate of drug-likeness (QED) is 0.345. The highest BCUT2D eigenvalue weighted by Gasteiger charge is 2.33. The van der Waals surface area contributed by atoms with Gasteiger partial charge in [0.25, 0.3) is 0 Å². The minimum absolute atomic E-state index is 1.11. The van der Waals surface area contributed by atoms with E-state index in [0.29, 0.717) is 0 Å². The van der Waals surface area contributed by atoms with Crippen LogP contribution in [0.5, 0.6) is 0 Å². The van der Waals surface area contributed by atoms with Crippen LogP contribution in [0.4, 0.5) is 0 Å². The van der Waals surface area contributed by atoms with Gasteiger partial charge >= 0.3 is 0 Å². The summed E-state index contributed by atoms with van der Waals surface area (Å²) in [7, 11) is -2.31. The molecule has 0 aliphatic heterocycles. The molecular weight excluding hydrogens is 238 g/mol. The van der Waals surface area contributed by atoms with E-state index in [-0.39, 0.29) is 0 Å². The maximum absolute atomic E-state index is 3.97. The summed E-state index contributed by atoms with van der Waals surface area (Å²) in [5.41, 5.74) is 1.18. The SMILES string of the molecule is C=CC(=C)CCCCN([Si](C)(C)C)[Si](C)(C)C. The van der Waals surface area contributed by atoms with Crippen molar-refractivity contribution in [2.24, 2.45) is 0 Å². The van der Waals surface area contributed by atoms with Gasteiger partial charge in [-0.25, -0.2) is 0 Å². The first-order valence-corrected chi connectivity index (χ1v) is 13.6. The predicted molar refractivity (Wildman–Crippen MR) is 86.6 cm³/mol. The number of hydrogen-bond acceptors (Lipinski definition) is 1. The summed E-state index contributed by atoms with van der Waals surface area (Å²) in [6, 6.07) is 0. The second-order valence-corrected chi connectivity index (χ2v) is 17.0. The molecule has 0 rings (SSSR count). The molecule has 0 aliphatic rings. The molecule has 0 aliphatic carbocycles. The van der Waals surface area contributed by atoms with Gasteiger partial charge in [0.05, 0.1) is 0 Å². The van der Waals surface area contributed by atoms with Crippen molar-refractivity contribution >= 4 is 16.5 Å². The summed E-state index contributed by atoms with van der Waals surface area (Å²) < 4.78 is 2.86. The lowest BCUT2D eigenvalue weighted by Gasteiger charge is -2.43. The fourth-order valence-electron chi connectivity index (χ4n) is 2.40. The molecule has 0 spiro atoms. The van der Waals surface area contributed by atoms with E-state index in [2.05, 4.69) is 56.7 Å². The van der Waals surface area contributed by atoms with Crippen molar-refractivity contribution in [3.63, 3.8) is 0 Å². The lowest BCUT2D eigenvalue weighted by atomic mass is 10.1. The fourth-order valence-corrected chi connectivity index (χ4v) is 12.1. The van der Waals surface area contributed by atoms with Gasteiger partial charge in [-0.05, 0) is 25.8 Å². The van der Waals surface area contributed by atoms with E-state index in [0.717, 1.165) is 6.42 Å². The largest absolute Gasteiger partial charge is 0.346 e. The second kappa shape index (κ2) is 6.71. The van der Waals surface area contributed by atoms with Crippen LogP contribution in [0, 0.1) is 0 Å². The summed E-state index contributed by atoms with van der Waals surface area (Å²) in [5.74, 6) is 0. The number of rotatable bonds is 8. The molecule has 0 saturated heterocycles. The third-order valence-electron chi connectivity index (χ3n) is 3.04. The summed E-state index contributed by atoms with van der Waals surface area (Å²) in [6.07, 6.45) is 5.53. The molecule has 0 heterocycles. The zero-order valence-corrected chi connectivity index (χ0v) is 14.8. The number of hydrogen-bond donors (Lipinski definition) is 0. The normalized spacial score (nSPS) is 12.9. The van der Waals surface area contributed by atoms with Gasteiger partial charge in [-0.1, -0.05) is 64.1 Å². The maximum atomic E-state index is 3.97. The Kier molecular flexibility index (Phi) is 6.66. The van der Waals surface area contributed by atoms with Gasteiger partial charge in [0, 0.05) is 0 Å². The second-order valence-electron chi connectivity index (χ2n) is 6.81. The molecule has 0 saturated carbocycles. The van der Waals surface area contributed by atoms with Crippen LogP contribution in [0.3, 0.4) is 0 Å². The Morgan fingerprint density at radius 3 is 1.82 bits per heavy atom. The van der Waals surface area contributed by atoms with Gasteiger partial charge in [-0.3, -0.25) is 0 Å². The first-order valence-electron chi connectivity index (χ1n) is 6.67. The molecule has 0 fully saturated rings. The molecule has 0 radical (unpaired) electrons. The van der Waals surface area contributed by atoms with Gasteiger partial charge < -0.3 is 4.23 Å². The van der Waals surface area contributed by atoms with Crippen molar-refractivity contribution in [2.45, 2.75) is 58.5 Å². The van der Waals surface area contributed by atoms with Crippen LogP contribution in [0.15, 0.2) is 24.8 Å². The van der Waals surface area contributed by atoms with Crippen LogP contribution in [-0.4, -0.2) is 27.2 Å². The van der Waals surface area contributed by atoms with E-state index in [1.807, 2.05) is 6.08 Å². The third kappa shape index (κ3) is 7.01. The molecule has 0 aromatic carbocycles. The fraction of sp³-hybridized carbons (Fsp3) is 0.714. The number of allylic oxidation sites excluding steroid dienone is 2. The highest BCUT2D eigenvalue weighted by Crippen LogP contribution is 2.20. The molecule has 0 aromatic heterocycles. The van der Waals surface area contributed by atoms with Gasteiger partial charge in [0.2, 0.25) is 0 Å². The lowest BCUT2D eigenvalue weighted by molar-refractivity contribution is 0.562. The van der Waals surface area contributed by atoms with Crippen molar-refractivity contribution in [1.82, 2.24) is 4.23 Å². The van der Waals surface area contributed by atoms with Crippen LogP contribution in [-0.2, 0) is 0 Å². The topological polar surface area (TPSA) is 3.24 Å². The molecular formula is C14H31NSi2. The molecule has 0 aromatic rings. The summed E-state index contributed by atoms with van der Waals surface area (Å²) in [5, 5.41) is 0. The van der Waals surface area contributed by atoms with Crippen molar-refractivity contribution in [3.05, 3.63) is 24.8 Å². The molecule has 0 unspecified atom stereocenters. The highest BCUT2D eigenvalue weighted by atomic mass is 28.4. The van der Waals surface area contributed by atoms with Crippen molar-refractivity contribution in [3.8, 4) is 0 Å². The van der Waals surface area contributed by atoms with E-state index in [9.17, 15) is 0 Å². The Bertz CT molecular complexity index is 244. The Balaban J connectivity index is 4.21. The molecule has 0 bridgehead atoms. The van der Waals surface area contributed by atoms with E-state index in [1.54, 1.807) is 0 Å². The van der Waals surface area contributed by atoms with Crippen LogP contribution in [0.1, 0.15) is 19.3 Å². The zero-order chi connectivity index (χ0) is 13.7. The summed E-state index contributed by atoms with van der Waals surface area (Å²) in [6.45, 7) is 23.8. The predicted octanol–water partition coefficient (Wildman–Crippen LogP) is 4.87. The molecule has 100 valence electrons. The monoisotopic (exact) mass is 269 g/mol. The highest BCUT2D eigenvalue weighted by molar-refractivity contribution is 6.89. The van der Waals surface area contributed by atoms with E-state index in [1.165, 1.54) is 25.0 Å². The average Bonchev–Trinajstić information content (AvgIpc) is 2.12. The lowest BCUT2D eigenvalue weighted by Crippen LogP contribution is -2.59. The third-order valence-corrected chi connectivity index (χ3v) is 10.7. The van der Waals surface area contributed by atoms with Gasteiger partial charge in [-0.2, -0.15) is 0 Å². The Labute approximate surface area is 111 Å². The van der Waals surface area contributed by atoms with E-state index in [4.69, 9.17) is 0 Å². The van der Waals surface area contributed by atoms with E-state index < -0.39 is 16.5 Å². The van der Waals surface area contributed by atoms with Gasteiger partial charge in [-0.15, -0.1) is 0 Å². The van der Waals surface area contributed by atoms with E-state index >= 15 is 0 Å². The van der Waals surface area contributed by atoms with Crippen molar-refractivity contribution in [1.29, 1.82) is 0 Å². The molecule has 0 atom stereocenters. The van der Waals surface area contributed by atoms with Crippen LogP contribution >= 0.6 is 0 Å². The standard InChI is InChI=1S/C14H31NSi2/c1-9-14(2)12-10-11-13-15(16(3,4)5)17(6,7)8/h9H,1-2,10-13H2,3-8H3. The summed E-state index contributed by atoms with van der Waals surface area (Å²) in [4.78, 5) is 0. The van der Waals surface area contributed by atoms with Crippen LogP contribution in [0.2, 0.25) is 39.3 Å². The summed E-state index contributed by atoms with van der Waals surface area (Å²) >= 11 is 0. The smallest absolute Gasteiger partial charge is 0.112 e. The minimum atomic E-state index is -1.16. The number of unbranched alkanes of at least 4 members (excludes halogenated alkanes) is 1. The van der Waals surface area contributed by atoms with Crippen LogP contribution in [0.25, 0.3) is 0 Å². The minimum Gasteiger partial charge on any atom is -0.346 e. The average molecular weight is 270 g/mol.